The zero-order valence-corrected chi connectivity index (χ0v) is 12.1. The van der Waals surface area contributed by atoms with Gasteiger partial charge in [-0.15, -0.1) is 0 Å². The lowest BCUT2D eigenvalue weighted by atomic mass is 10.3. The number of imidazole rings is 1. The van der Waals surface area contributed by atoms with E-state index in [2.05, 4.69) is 20.5 Å². The maximum Gasteiger partial charge on any atom is 0.299 e. The zero-order chi connectivity index (χ0) is 14.1. The zero-order valence-electron chi connectivity index (χ0n) is 10.6. The highest BCUT2D eigenvalue weighted by atomic mass is 35.5. The number of benzene rings is 1. The number of H-pyrrole nitrogens is 1. The van der Waals surface area contributed by atoms with Gasteiger partial charge in [0.2, 0.25) is 0 Å². The van der Waals surface area contributed by atoms with Gasteiger partial charge in [-0.3, -0.25) is 4.79 Å². The largest absolute Gasteiger partial charge is 0.492 e. The second-order valence-corrected chi connectivity index (χ2v) is 5.42. The Kier molecular flexibility index (Phi) is 3.54. The summed E-state index contributed by atoms with van der Waals surface area (Å²) in [5.41, 5.74) is 4.66. The van der Waals surface area contributed by atoms with Crippen LogP contribution in [-0.2, 0) is 0 Å². The van der Waals surface area contributed by atoms with Gasteiger partial charge in [0, 0.05) is 6.07 Å². The molecule has 0 saturated heterocycles. The average molecular weight is 311 g/mol. The van der Waals surface area contributed by atoms with Crippen molar-refractivity contribution < 1.29 is 9.53 Å². The molecule has 20 heavy (non-hydrogen) atoms. The van der Waals surface area contributed by atoms with Crippen LogP contribution >= 0.6 is 23.4 Å². The van der Waals surface area contributed by atoms with E-state index in [1.807, 2.05) is 6.92 Å². The van der Waals surface area contributed by atoms with Gasteiger partial charge < -0.3 is 9.72 Å². The van der Waals surface area contributed by atoms with Crippen molar-refractivity contribution >= 4 is 45.3 Å². The Morgan fingerprint density at radius 3 is 3.05 bits per heavy atom. The lowest BCUT2D eigenvalue weighted by molar-refractivity contribution is 0.261. The third kappa shape index (κ3) is 2.46. The molecule has 0 saturated carbocycles. The third-order valence-electron chi connectivity index (χ3n) is 2.73. The Bertz CT molecular complexity index is 713. The van der Waals surface area contributed by atoms with Crippen LogP contribution in [0.5, 0.6) is 5.75 Å². The molecule has 6 nitrogen and oxygen atoms in total. The molecule has 0 aliphatic carbocycles. The first-order valence-electron chi connectivity index (χ1n) is 5.99. The standard InChI is InChI=1S/C12H11ClN4O2S/c1-2-19-10-4-8-7(3-6(10)13)14-11(15-8)9-5-20-12(18)17-16-9/h3-4H,2,5H2,1H3,(H,14,15)(H,17,18). The summed E-state index contributed by atoms with van der Waals surface area (Å²) in [6, 6.07) is 3.56. The van der Waals surface area contributed by atoms with Crippen LogP contribution in [0.3, 0.4) is 0 Å². The highest BCUT2D eigenvalue weighted by molar-refractivity contribution is 8.14. The van der Waals surface area contributed by atoms with E-state index < -0.39 is 0 Å². The molecule has 0 fully saturated rings. The van der Waals surface area contributed by atoms with Crippen molar-refractivity contribution in [2.24, 2.45) is 5.10 Å². The van der Waals surface area contributed by atoms with Crippen molar-refractivity contribution in [3.8, 4) is 5.75 Å². The number of hydrazone groups is 1. The van der Waals surface area contributed by atoms with Gasteiger partial charge in [0.15, 0.2) is 5.82 Å². The summed E-state index contributed by atoms with van der Waals surface area (Å²) in [6.07, 6.45) is 0. The molecule has 0 bridgehead atoms. The number of ether oxygens (including phenoxy) is 1. The lowest BCUT2D eigenvalue weighted by Gasteiger charge is -2.08. The minimum atomic E-state index is -0.161. The van der Waals surface area contributed by atoms with Crippen molar-refractivity contribution in [1.82, 2.24) is 15.4 Å². The molecule has 2 heterocycles. The highest BCUT2D eigenvalue weighted by Gasteiger charge is 2.17. The Labute approximate surface area is 123 Å². The number of carbonyl (C=O) groups excluding carboxylic acids is 1. The van der Waals surface area contributed by atoms with Crippen LogP contribution in [-0.4, -0.2) is 33.3 Å². The fourth-order valence-corrected chi connectivity index (χ4v) is 2.64. The van der Waals surface area contributed by atoms with Gasteiger partial charge in [-0.25, -0.2) is 10.4 Å². The Balaban J connectivity index is 2.00. The monoisotopic (exact) mass is 310 g/mol. The molecule has 0 spiro atoms. The fourth-order valence-electron chi connectivity index (χ4n) is 1.85. The van der Waals surface area contributed by atoms with Crippen LogP contribution in [0.25, 0.3) is 11.0 Å². The number of rotatable bonds is 3. The molecule has 1 amide bonds. The van der Waals surface area contributed by atoms with E-state index in [-0.39, 0.29) is 5.24 Å². The Hall–Kier alpha value is -1.73. The number of amides is 1. The first kappa shape index (κ1) is 13.3. The minimum absolute atomic E-state index is 0.161. The van der Waals surface area contributed by atoms with Crippen LogP contribution in [0.15, 0.2) is 17.2 Å². The number of halogens is 1. The number of aromatic amines is 1. The van der Waals surface area contributed by atoms with Gasteiger partial charge in [-0.1, -0.05) is 23.4 Å². The topological polar surface area (TPSA) is 79.4 Å². The number of aromatic nitrogens is 2. The first-order valence-corrected chi connectivity index (χ1v) is 7.35. The Morgan fingerprint density at radius 1 is 1.50 bits per heavy atom. The van der Waals surface area contributed by atoms with Crippen molar-refractivity contribution in [2.45, 2.75) is 6.92 Å². The number of hydrogen-bond donors (Lipinski definition) is 2. The summed E-state index contributed by atoms with van der Waals surface area (Å²) in [5.74, 6) is 1.71. The summed E-state index contributed by atoms with van der Waals surface area (Å²) in [4.78, 5) is 18.7. The van der Waals surface area contributed by atoms with Crippen molar-refractivity contribution in [2.75, 3.05) is 12.4 Å². The van der Waals surface area contributed by atoms with Crippen LogP contribution < -0.4 is 10.2 Å². The number of carbonyl (C=O) groups is 1. The summed E-state index contributed by atoms with van der Waals surface area (Å²) >= 11 is 7.29. The van der Waals surface area contributed by atoms with Crippen LogP contribution in [0.4, 0.5) is 4.79 Å². The molecule has 1 aliphatic rings. The predicted octanol–water partition coefficient (Wildman–Crippen LogP) is 2.78. The summed E-state index contributed by atoms with van der Waals surface area (Å²) in [5, 5.41) is 4.37. The third-order valence-corrected chi connectivity index (χ3v) is 3.80. The number of nitrogens with one attached hydrogen (secondary N) is 2. The molecule has 1 aromatic heterocycles. The van der Waals surface area contributed by atoms with E-state index in [1.165, 1.54) is 0 Å². The normalized spacial score (nSPS) is 15.1. The van der Waals surface area contributed by atoms with Crippen LogP contribution in [0.1, 0.15) is 12.7 Å². The Morgan fingerprint density at radius 2 is 2.35 bits per heavy atom. The van der Waals surface area contributed by atoms with Crippen molar-refractivity contribution in [1.29, 1.82) is 0 Å². The van der Waals surface area contributed by atoms with E-state index in [1.54, 1.807) is 12.1 Å². The average Bonchev–Trinajstić information content (AvgIpc) is 2.83. The number of fused-ring (bicyclic) bond motifs is 1. The van der Waals surface area contributed by atoms with Crippen molar-refractivity contribution in [3.05, 3.63) is 23.0 Å². The molecule has 8 heteroatoms. The second kappa shape index (κ2) is 5.34. The van der Waals surface area contributed by atoms with Gasteiger partial charge in [0.25, 0.3) is 5.24 Å². The molecule has 3 rings (SSSR count). The van der Waals surface area contributed by atoms with E-state index in [4.69, 9.17) is 16.3 Å². The van der Waals surface area contributed by atoms with Crippen molar-refractivity contribution in [3.63, 3.8) is 0 Å². The van der Waals surface area contributed by atoms with Crippen LogP contribution in [0.2, 0.25) is 5.02 Å². The van der Waals surface area contributed by atoms with E-state index in [0.717, 1.165) is 22.8 Å². The van der Waals surface area contributed by atoms with E-state index in [9.17, 15) is 4.79 Å². The molecule has 0 atom stereocenters. The fraction of sp³-hybridized carbons (Fsp3) is 0.250. The second-order valence-electron chi connectivity index (χ2n) is 4.06. The van der Waals surface area contributed by atoms with Gasteiger partial charge in [-0.2, -0.15) is 5.10 Å². The molecule has 0 radical (unpaired) electrons. The SMILES string of the molecule is CCOc1cc2nc(C3=NNC(=O)SC3)[nH]c2cc1Cl. The molecular weight excluding hydrogens is 300 g/mol. The summed E-state index contributed by atoms with van der Waals surface area (Å²) in [6.45, 7) is 2.44. The lowest BCUT2D eigenvalue weighted by Crippen LogP contribution is -2.24. The van der Waals surface area contributed by atoms with E-state index in [0.29, 0.717) is 34.7 Å². The smallest absolute Gasteiger partial charge is 0.299 e. The maximum absolute atomic E-state index is 11.1. The highest BCUT2D eigenvalue weighted by Crippen LogP contribution is 2.29. The number of nitrogens with zero attached hydrogens (tertiary/aromatic N) is 2. The molecule has 1 aliphatic heterocycles. The quantitative estimate of drug-likeness (QED) is 0.913. The van der Waals surface area contributed by atoms with Gasteiger partial charge in [-0.05, 0) is 13.0 Å². The summed E-state index contributed by atoms with van der Waals surface area (Å²) < 4.78 is 5.44. The molecule has 2 aromatic rings. The summed E-state index contributed by atoms with van der Waals surface area (Å²) in [7, 11) is 0. The maximum atomic E-state index is 11.1. The predicted molar refractivity (Wildman–Crippen MR) is 79.8 cm³/mol. The molecule has 2 N–H and O–H groups in total. The van der Waals surface area contributed by atoms with Gasteiger partial charge in [0.05, 0.1) is 28.4 Å². The van der Waals surface area contributed by atoms with E-state index >= 15 is 0 Å². The first-order chi connectivity index (χ1) is 9.67. The molecule has 0 unspecified atom stereocenters. The van der Waals surface area contributed by atoms with Crippen LogP contribution in [0, 0.1) is 0 Å². The number of thioether (sulfide) groups is 1. The molecular formula is C12H11ClN4O2S. The molecule has 1 aromatic carbocycles. The van der Waals surface area contributed by atoms with Gasteiger partial charge in [0.1, 0.15) is 11.5 Å². The molecule has 104 valence electrons. The number of hydrogen-bond acceptors (Lipinski definition) is 5. The minimum Gasteiger partial charge on any atom is -0.492 e. The van der Waals surface area contributed by atoms with Gasteiger partial charge >= 0.3 is 0 Å².